The fraction of sp³-hybridized carbons (Fsp3) is 0.474. The maximum atomic E-state index is 11.1. The van der Waals surface area contributed by atoms with Crippen LogP contribution >= 0.6 is 24.8 Å². The van der Waals surface area contributed by atoms with Crippen LogP contribution in [0.3, 0.4) is 0 Å². The van der Waals surface area contributed by atoms with Gasteiger partial charge in [0, 0.05) is 36.8 Å². The molecule has 146 valence electrons. The number of nitrogens with one attached hydrogen (secondary N) is 1. The van der Waals surface area contributed by atoms with Gasteiger partial charge in [0.25, 0.3) is 0 Å². The third kappa shape index (κ3) is 6.31. The van der Waals surface area contributed by atoms with E-state index in [4.69, 9.17) is 0 Å². The van der Waals surface area contributed by atoms with Crippen LogP contribution in [0.25, 0.3) is 0 Å². The molecular formula is C19H27N5OS2. The molecule has 27 heavy (non-hydrogen) atoms. The van der Waals surface area contributed by atoms with E-state index in [2.05, 4.69) is 26.3 Å². The highest BCUT2D eigenvalue weighted by atomic mass is 32.1. The van der Waals surface area contributed by atoms with Crippen molar-refractivity contribution in [3.05, 3.63) is 40.2 Å². The van der Waals surface area contributed by atoms with Crippen molar-refractivity contribution in [1.29, 1.82) is 5.26 Å². The van der Waals surface area contributed by atoms with Crippen LogP contribution in [0, 0.1) is 24.2 Å². The second kappa shape index (κ2) is 10.4. The van der Waals surface area contributed by atoms with Gasteiger partial charge in [0.15, 0.2) is 5.13 Å². The largest absolute Gasteiger partial charge is 0.302 e. The van der Waals surface area contributed by atoms with Crippen LogP contribution in [0.2, 0.25) is 0 Å². The van der Waals surface area contributed by atoms with Gasteiger partial charge in [-0.3, -0.25) is 9.69 Å². The first-order chi connectivity index (χ1) is 12.0. The van der Waals surface area contributed by atoms with Crippen molar-refractivity contribution in [3.63, 3.8) is 0 Å². The maximum absolute atomic E-state index is 11.1. The first-order valence-corrected chi connectivity index (χ1v) is 9.16. The Morgan fingerprint density at radius 3 is 2.96 bits per heavy atom. The lowest BCUT2D eigenvalue weighted by molar-refractivity contribution is -0.114. The van der Waals surface area contributed by atoms with Gasteiger partial charge in [-0.05, 0) is 43.9 Å². The summed E-state index contributed by atoms with van der Waals surface area (Å²) < 4.78 is 0. The van der Waals surface area contributed by atoms with E-state index in [1.165, 1.54) is 18.3 Å². The Bertz CT molecular complexity index is 815. The van der Waals surface area contributed by atoms with E-state index in [-0.39, 0.29) is 26.8 Å². The standard InChI is InChI=1S/C18H21N5OS.CH4.H2S/c1-12-3-4-15(17(8-19)21-12)7-14-5-6-23(10-14)11-16-9-20-18(25-16)22-13(2)24;;/h3-4,9,14H,5-7,10-11H2,1-2H3,(H,20,22,24);1H4;1H2. The zero-order chi connectivity index (χ0) is 17.8. The van der Waals surface area contributed by atoms with Gasteiger partial charge >= 0.3 is 0 Å². The molecule has 1 unspecified atom stereocenters. The monoisotopic (exact) mass is 405 g/mol. The van der Waals surface area contributed by atoms with E-state index in [0.29, 0.717) is 16.7 Å². The molecule has 0 spiro atoms. The fourth-order valence-corrected chi connectivity index (χ4v) is 4.09. The number of hydrogen-bond acceptors (Lipinski definition) is 6. The Morgan fingerprint density at radius 2 is 2.26 bits per heavy atom. The number of aromatic nitrogens is 2. The molecule has 0 aromatic carbocycles. The number of likely N-dealkylation sites (tertiary alicyclic amines) is 1. The van der Waals surface area contributed by atoms with Crippen LogP contribution in [0.5, 0.6) is 0 Å². The molecular weight excluding hydrogens is 378 g/mol. The average molecular weight is 406 g/mol. The Labute approximate surface area is 172 Å². The number of pyridine rings is 1. The van der Waals surface area contributed by atoms with Gasteiger partial charge < -0.3 is 5.32 Å². The van der Waals surface area contributed by atoms with Crippen LogP contribution in [0.4, 0.5) is 5.13 Å². The summed E-state index contributed by atoms with van der Waals surface area (Å²) in [5.74, 6) is 0.446. The molecule has 1 amide bonds. The van der Waals surface area contributed by atoms with Crippen molar-refractivity contribution in [2.24, 2.45) is 5.92 Å². The third-order valence-corrected chi connectivity index (χ3v) is 5.22. The van der Waals surface area contributed by atoms with Gasteiger partial charge in [0.2, 0.25) is 5.91 Å². The predicted octanol–water partition coefficient (Wildman–Crippen LogP) is 3.49. The highest BCUT2D eigenvalue weighted by Gasteiger charge is 2.24. The molecule has 3 rings (SSSR count). The SMILES string of the molecule is C.CC(=O)Nc1ncc(CN2CCC(Cc3ccc(C)nc3C#N)C2)s1.S. The van der Waals surface area contributed by atoms with E-state index in [1.807, 2.05) is 25.3 Å². The molecule has 2 aromatic rings. The molecule has 3 heterocycles. The number of aryl methyl sites for hydroxylation is 1. The van der Waals surface area contributed by atoms with Gasteiger partial charge in [-0.25, -0.2) is 9.97 Å². The average Bonchev–Trinajstić information content (AvgIpc) is 3.18. The smallest absolute Gasteiger partial charge is 0.223 e. The molecule has 0 aliphatic carbocycles. The Morgan fingerprint density at radius 1 is 1.48 bits per heavy atom. The van der Waals surface area contributed by atoms with E-state index in [1.54, 1.807) is 0 Å². The summed E-state index contributed by atoms with van der Waals surface area (Å²) in [6, 6.07) is 6.22. The van der Waals surface area contributed by atoms with Crippen molar-refractivity contribution in [1.82, 2.24) is 14.9 Å². The maximum Gasteiger partial charge on any atom is 0.223 e. The van der Waals surface area contributed by atoms with Crippen LogP contribution < -0.4 is 5.32 Å². The van der Waals surface area contributed by atoms with Crippen molar-refractivity contribution < 1.29 is 4.79 Å². The number of nitrogens with zero attached hydrogens (tertiary/aromatic N) is 4. The first kappa shape index (κ1) is 23.1. The summed E-state index contributed by atoms with van der Waals surface area (Å²) in [6.07, 6.45) is 3.85. The second-order valence-electron chi connectivity index (χ2n) is 6.48. The molecule has 0 saturated carbocycles. The molecule has 1 atom stereocenters. The molecule has 1 aliphatic rings. The highest BCUT2D eigenvalue weighted by Crippen LogP contribution is 2.26. The van der Waals surface area contributed by atoms with Crippen molar-refractivity contribution >= 4 is 35.9 Å². The van der Waals surface area contributed by atoms with Gasteiger partial charge in [0.1, 0.15) is 11.8 Å². The third-order valence-electron chi connectivity index (χ3n) is 4.32. The highest BCUT2D eigenvalue weighted by molar-refractivity contribution is 7.59. The summed E-state index contributed by atoms with van der Waals surface area (Å²) in [7, 11) is 0. The lowest BCUT2D eigenvalue weighted by Crippen LogP contribution is -2.20. The molecule has 1 fully saturated rings. The quantitative estimate of drug-likeness (QED) is 0.823. The van der Waals surface area contributed by atoms with Crippen LogP contribution in [0.15, 0.2) is 18.3 Å². The van der Waals surface area contributed by atoms with Crippen LogP contribution in [0.1, 0.15) is 42.6 Å². The number of nitriles is 1. The molecule has 8 heteroatoms. The number of anilines is 1. The van der Waals surface area contributed by atoms with Crippen molar-refractivity contribution in [2.45, 2.75) is 40.7 Å². The number of thiazole rings is 1. The summed E-state index contributed by atoms with van der Waals surface area (Å²) >= 11 is 1.52. The molecule has 0 radical (unpaired) electrons. The predicted molar refractivity (Wildman–Crippen MR) is 114 cm³/mol. The normalized spacial score (nSPS) is 16.1. The number of carbonyl (C=O) groups excluding carboxylic acids is 1. The zero-order valence-corrected chi connectivity index (χ0v) is 16.8. The molecule has 1 saturated heterocycles. The first-order valence-electron chi connectivity index (χ1n) is 8.34. The minimum atomic E-state index is -0.0952. The molecule has 1 aliphatic heterocycles. The summed E-state index contributed by atoms with van der Waals surface area (Å²) in [6.45, 7) is 6.30. The number of amides is 1. The summed E-state index contributed by atoms with van der Waals surface area (Å²) in [5, 5.41) is 12.6. The lowest BCUT2D eigenvalue weighted by Gasteiger charge is -2.15. The van der Waals surface area contributed by atoms with Crippen LogP contribution in [-0.4, -0.2) is 33.9 Å². The second-order valence-corrected chi connectivity index (χ2v) is 7.59. The van der Waals surface area contributed by atoms with Gasteiger partial charge in [0.05, 0.1) is 0 Å². The number of carbonyl (C=O) groups is 1. The van der Waals surface area contributed by atoms with E-state index in [0.717, 1.165) is 48.6 Å². The molecule has 0 bridgehead atoms. The minimum absolute atomic E-state index is 0. The van der Waals surface area contributed by atoms with Crippen LogP contribution in [-0.2, 0) is 17.8 Å². The Hall–Kier alpha value is -1.95. The molecule has 1 N–H and O–H groups in total. The topological polar surface area (TPSA) is 81.9 Å². The van der Waals surface area contributed by atoms with E-state index in [9.17, 15) is 10.1 Å². The van der Waals surface area contributed by atoms with Crippen molar-refractivity contribution in [2.75, 3.05) is 18.4 Å². The van der Waals surface area contributed by atoms with E-state index < -0.39 is 0 Å². The van der Waals surface area contributed by atoms with Crippen molar-refractivity contribution in [3.8, 4) is 6.07 Å². The fourth-order valence-electron chi connectivity index (χ4n) is 3.19. The minimum Gasteiger partial charge on any atom is -0.302 e. The molecule has 2 aromatic heterocycles. The number of hydrogen-bond donors (Lipinski definition) is 1. The molecule has 6 nitrogen and oxygen atoms in total. The van der Waals surface area contributed by atoms with Gasteiger partial charge in [-0.2, -0.15) is 18.8 Å². The van der Waals surface area contributed by atoms with E-state index >= 15 is 0 Å². The lowest BCUT2D eigenvalue weighted by atomic mass is 9.97. The van der Waals surface area contributed by atoms with Gasteiger partial charge in [-0.1, -0.05) is 13.5 Å². The number of rotatable bonds is 5. The summed E-state index contributed by atoms with van der Waals surface area (Å²) in [5.41, 5.74) is 2.49. The van der Waals surface area contributed by atoms with Gasteiger partial charge in [-0.15, -0.1) is 11.3 Å². The summed E-state index contributed by atoms with van der Waals surface area (Å²) in [4.78, 5) is 23.2. The Kier molecular flexibility index (Phi) is 8.89. The Balaban J connectivity index is 0.00000182. The zero-order valence-electron chi connectivity index (χ0n) is 15.0.